The maximum absolute atomic E-state index is 13.4. The Bertz CT molecular complexity index is 1360. The van der Waals surface area contributed by atoms with Crippen LogP contribution in [-0.4, -0.2) is 97.0 Å². The number of ether oxygens (including phenoxy) is 1. The SMILES string of the molecule is Cc1noc(C)c1NC(=O)N(C)C[C@@H]1Oc2ccc(NC(=O)Cn3cnnn3)cc2CC(=O)N([C@H](C)CO)C[C@H]1C. The number of benzene rings is 1. The highest BCUT2D eigenvalue weighted by Crippen LogP contribution is 2.29. The van der Waals surface area contributed by atoms with E-state index < -0.39 is 12.1 Å². The minimum Gasteiger partial charge on any atom is -0.488 e. The molecule has 4 amide bonds. The van der Waals surface area contributed by atoms with Crippen molar-refractivity contribution in [2.45, 2.75) is 52.8 Å². The van der Waals surface area contributed by atoms with Gasteiger partial charge in [-0.15, -0.1) is 5.10 Å². The van der Waals surface area contributed by atoms with Gasteiger partial charge in [0.25, 0.3) is 0 Å². The smallest absolute Gasteiger partial charge is 0.321 e. The Morgan fingerprint density at radius 2 is 2.05 bits per heavy atom. The number of likely N-dealkylation sites (N-methyl/N-ethyl adjacent to an activating group) is 1. The molecule has 41 heavy (non-hydrogen) atoms. The first-order valence-electron chi connectivity index (χ1n) is 13.2. The van der Waals surface area contributed by atoms with Crippen LogP contribution < -0.4 is 15.4 Å². The Kier molecular flexibility index (Phi) is 9.17. The Hall–Kier alpha value is -4.53. The summed E-state index contributed by atoms with van der Waals surface area (Å²) >= 11 is 0. The zero-order valence-corrected chi connectivity index (χ0v) is 23.7. The summed E-state index contributed by atoms with van der Waals surface area (Å²) < 4.78 is 12.9. The van der Waals surface area contributed by atoms with E-state index in [1.165, 1.54) is 15.9 Å². The molecule has 3 N–H and O–H groups in total. The second kappa shape index (κ2) is 12.8. The van der Waals surface area contributed by atoms with Crippen molar-refractivity contribution in [3.05, 3.63) is 41.5 Å². The molecule has 0 unspecified atom stereocenters. The van der Waals surface area contributed by atoms with Gasteiger partial charge in [-0.3, -0.25) is 9.59 Å². The van der Waals surface area contributed by atoms with E-state index in [-0.39, 0.29) is 49.9 Å². The number of tetrazole rings is 1. The summed E-state index contributed by atoms with van der Waals surface area (Å²) in [7, 11) is 1.65. The third-order valence-electron chi connectivity index (χ3n) is 6.96. The Balaban J connectivity index is 1.57. The van der Waals surface area contributed by atoms with Crippen molar-refractivity contribution < 1.29 is 28.8 Å². The van der Waals surface area contributed by atoms with Crippen LogP contribution in [0.15, 0.2) is 29.0 Å². The molecule has 15 nitrogen and oxygen atoms in total. The zero-order valence-electron chi connectivity index (χ0n) is 23.7. The van der Waals surface area contributed by atoms with Gasteiger partial charge in [-0.1, -0.05) is 12.1 Å². The summed E-state index contributed by atoms with van der Waals surface area (Å²) in [5.74, 6) is 0.222. The number of amides is 4. The Morgan fingerprint density at radius 3 is 2.71 bits per heavy atom. The van der Waals surface area contributed by atoms with Crippen molar-refractivity contribution in [3.63, 3.8) is 0 Å². The van der Waals surface area contributed by atoms with Crippen molar-refractivity contribution in [1.29, 1.82) is 0 Å². The fourth-order valence-electron chi connectivity index (χ4n) is 4.54. The summed E-state index contributed by atoms with van der Waals surface area (Å²) in [4.78, 5) is 42.1. The summed E-state index contributed by atoms with van der Waals surface area (Å²) in [6.45, 7) is 7.40. The van der Waals surface area contributed by atoms with Gasteiger partial charge in [-0.05, 0) is 49.4 Å². The Labute approximate surface area is 236 Å². The molecule has 0 radical (unpaired) electrons. The first kappa shape index (κ1) is 29.5. The molecule has 1 aliphatic heterocycles. The van der Waals surface area contributed by atoms with E-state index in [1.807, 2.05) is 6.92 Å². The molecule has 15 heteroatoms. The summed E-state index contributed by atoms with van der Waals surface area (Å²) in [5, 5.41) is 30.1. The molecule has 3 atom stereocenters. The third kappa shape index (κ3) is 7.16. The average molecular weight is 570 g/mol. The molecular formula is C26H35N9O6. The molecule has 2 aromatic heterocycles. The number of carbonyl (C=O) groups is 3. The van der Waals surface area contributed by atoms with Crippen molar-refractivity contribution in [2.24, 2.45) is 5.92 Å². The number of aryl methyl sites for hydroxylation is 2. The number of hydrogen-bond acceptors (Lipinski definition) is 10. The highest BCUT2D eigenvalue weighted by atomic mass is 16.5. The molecule has 1 aliphatic rings. The van der Waals surface area contributed by atoms with Gasteiger partial charge in [0.2, 0.25) is 11.8 Å². The number of nitrogens with zero attached hydrogens (tertiary/aromatic N) is 7. The number of aliphatic hydroxyl groups is 1. The molecule has 0 aliphatic carbocycles. The maximum Gasteiger partial charge on any atom is 0.321 e. The van der Waals surface area contributed by atoms with Crippen LogP contribution in [0.25, 0.3) is 0 Å². The van der Waals surface area contributed by atoms with Crippen LogP contribution >= 0.6 is 0 Å². The van der Waals surface area contributed by atoms with E-state index in [9.17, 15) is 19.5 Å². The fourth-order valence-corrected chi connectivity index (χ4v) is 4.54. The summed E-state index contributed by atoms with van der Waals surface area (Å²) in [5.41, 5.74) is 2.11. The number of rotatable bonds is 8. The van der Waals surface area contributed by atoms with Crippen LogP contribution in [0.5, 0.6) is 5.75 Å². The highest BCUT2D eigenvalue weighted by Gasteiger charge is 2.32. The summed E-state index contributed by atoms with van der Waals surface area (Å²) in [6.07, 6.45) is 0.826. The normalized spacial score (nSPS) is 17.9. The van der Waals surface area contributed by atoms with Crippen molar-refractivity contribution in [2.75, 3.05) is 37.4 Å². The molecule has 0 saturated heterocycles. The lowest BCUT2D eigenvalue weighted by atomic mass is 10.0. The van der Waals surface area contributed by atoms with E-state index in [4.69, 9.17) is 9.26 Å². The molecule has 0 bridgehead atoms. The lowest BCUT2D eigenvalue weighted by Crippen LogP contribution is -2.48. The van der Waals surface area contributed by atoms with Crippen molar-refractivity contribution in [3.8, 4) is 5.75 Å². The van der Waals surface area contributed by atoms with Gasteiger partial charge in [0.05, 0.1) is 25.6 Å². The van der Waals surface area contributed by atoms with Gasteiger partial charge in [0, 0.05) is 30.8 Å². The second-order valence-corrected chi connectivity index (χ2v) is 10.3. The van der Waals surface area contributed by atoms with Crippen LogP contribution in [-0.2, 0) is 22.6 Å². The van der Waals surface area contributed by atoms with E-state index in [0.29, 0.717) is 40.7 Å². The van der Waals surface area contributed by atoms with Gasteiger partial charge in [0.15, 0.2) is 5.76 Å². The molecule has 3 aromatic rings. The molecule has 0 fully saturated rings. The van der Waals surface area contributed by atoms with Gasteiger partial charge in [0.1, 0.15) is 36.1 Å². The average Bonchev–Trinajstić information content (AvgIpc) is 3.57. The molecular weight excluding hydrogens is 534 g/mol. The monoisotopic (exact) mass is 569 g/mol. The zero-order chi connectivity index (χ0) is 29.7. The molecule has 220 valence electrons. The fraction of sp³-hybridized carbons (Fsp3) is 0.500. The standard InChI is InChI=1S/C26H35N9O6/c1-15-10-35(16(2)13-36)24(38)9-19-8-20(28-23(37)12-34-14-27-31-32-34)6-7-21(19)40-22(15)11-33(5)26(39)29-25-17(3)30-41-18(25)4/h6-8,14-16,22,36H,9-13H2,1-5H3,(H,28,37)(H,29,39)/t15-,16-,22+/m1/s1. The van der Waals surface area contributed by atoms with Gasteiger partial charge >= 0.3 is 6.03 Å². The van der Waals surface area contributed by atoms with Crippen LogP contribution in [0, 0.1) is 19.8 Å². The Morgan fingerprint density at radius 1 is 1.27 bits per heavy atom. The topological polar surface area (TPSA) is 181 Å². The van der Waals surface area contributed by atoms with Gasteiger partial charge < -0.3 is 34.8 Å². The number of carbonyl (C=O) groups excluding carboxylic acids is 3. The van der Waals surface area contributed by atoms with E-state index in [0.717, 1.165) is 0 Å². The van der Waals surface area contributed by atoms with Crippen LogP contribution in [0.2, 0.25) is 0 Å². The number of urea groups is 1. The van der Waals surface area contributed by atoms with Gasteiger partial charge in [-0.25, -0.2) is 9.48 Å². The van der Waals surface area contributed by atoms with Crippen LogP contribution in [0.1, 0.15) is 30.9 Å². The number of anilines is 2. The molecule has 4 rings (SSSR count). The number of hydrogen-bond donors (Lipinski definition) is 3. The van der Waals surface area contributed by atoms with E-state index in [1.54, 1.807) is 50.9 Å². The van der Waals surface area contributed by atoms with E-state index >= 15 is 0 Å². The third-order valence-corrected chi connectivity index (χ3v) is 6.96. The van der Waals surface area contributed by atoms with Crippen LogP contribution in [0.3, 0.4) is 0 Å². The molecule has 0 spiro atoms. The lowest BCUT2D eigenvalue weighted by molar-refractivity contribution is -0.134. The number of fused-ring (bicyclic) bond motifs is 1. The van der Waals surface area contributed by atoms with Gasteiger partial charge in [-0.2, -0.15) is 0 Å². The van der Waals surface area contributed by atoms with Crippen molar-refractivity contribution in [1.82, 2.24) is 35.2 Å². The minimum absolute atomic E-state index is 0.00180. The summed E-state index contributed by atoms with van der Waals surface area (Å²) in [6, 6.07) is 4.28. The number of aromatic nitrogens is 5. The predicted molar refractivity (Wildman–Crippen MR) is 146 cm³/mol. The maximum atomic E-state index is 13.4. The number of nitrogens with one attached hydrogen (secondary N) is 2. The first-order chi connectivity index (χ1) is 19.5. The first-order valence-corrected chi connectivity index (χ1v) is 13.2. The second-order valence-electron chi connectivity index (χ2n) is 10.3. The lowest BCUT2D eigenvalue weighted by Gasteiger charge is -2.34. The largest absolute Gasteiger partial charge is 0.488 e. The molecule has 1 aromatic carbocycles. The molecule has 3 heterocycles. The van der Waals surface area contributed by atoms with E-state index in [2.05, 4.69) is 31.3 Å². The van der Waals surface area contributed by atoms with Crippen molar-refractivity contribution >= 4 is 29.2 Å². The minimum atomic E-state index is -0.506. The quantitative estimate of drug-likeness (QED) is 0.357. The molecule has 0 saturated carbocycles. The predicted octanol–water partition coefficient (Wildman–Crippen LogP) is 1.23. The highest BCUT2D eigenvalue weighted by molar-refractivity contribution is 5.91. The number of aliphatic hydroxyl groups excluding tert-OH is 1. The van der Waals surface area contributed by atoms with Crippen LogP contribution in [0.4, 0.5) is 16.2 Å².